The lowest BCUT2D eigenvalue weighted by molar-refractivity contribution is -0.153. The third kappa shape index (κ3) is 5.35. The molecular weight excluding hydrogens is 306 g/mol. The van der Waals surface area contributed by atoms with Crippen LogP contribution in [-0.2, 0) is 14.3 Å². The summed E-state index contributed by atoms with van der Waals surface area (Å²) >= 11 is 0. The molecule has 0 radical (unpaired) electrons. The summed E-state index contributed by atoms with van der Waals surface area (Å²) in [6, 6.07) is 17.6. The minimum atomic E-state index is -0.926. The largest absolute Gasteiger partial charge is 0.453 e. The van der Waals surface area contributed by atoms with Crippen molar-refractivity contribution < 1.29 is 19.1 Å². The van der Waals surface area contributed by atoms with Crippen molar-refractivity contribution in [1.82, 2.24) is 0 Å². The second-order valence-electron chi connectivity index (χ2n) is 5.28. The summed E-state index contributed by atoms with van der Waals surface area (Å²) in [4.78, 5) is 35.7. The van der Waals surface area contributed by atoms with Gasteiger partial charge in [0.15, 0.2) is 11.9 Å². The summed E-state index contributed by atoms with van der Waals surface area (Å²) in [5.41, 5.74) is 1.19. The monoisotopic (exact) mass is 325 g/mol. The van der Waals surface area contributed by atoms with E-state index in [1.807, 2.05) is 12.1 Å². The number of nitrogens with one attached hydrogen (secondary N) is 1. The van der Waals surface area contributed by atoms with Crippen LogP contribution >= 0.6 is 0 Å². The highest BCUT2D eigenvalue weighted by Gasteiger charge is 2.18. The van der Waals surface area contributed by atoms with Crippen molar-refractivity contribution in [3.63, 3.8) is 0 Å². The summed E-state index contributed by atoms with van der Waals surface area (Å²) in [6.07, 6.45) is -0.934. The van der Waals surface area contributed by atoms with Crippen LogP contribution in [0.2, 0.25) is 0 Å². The summed E-state index contributed by atoms with van der Waals surface area (Å²) in [5.74, 6) is -1.12. The van der Waals surface area contributed by atoms with Crippen molar-refractivity contribution in [1.29, 1.82) is 0 Å². The molecule has 5 nitrogen and oxygen atoms in total. The van der Waals surface area contributed by atoms with Crippen LogP contribution in [0.1, 0.15) is 30.1 Å². The van der Waals surface area contributed by atoms with Crippen LogP contribution in [0, 0.1) is 0 Å². The molecule has 1 atom stereocenters. The van der Waals surface area contributed by atoms with Gasteiger partial charge >= 0.3 is 5.97 Å². The average molecular weight is 325 g/mol. The maximum absolute atomic E-state index is 12.0. The van der Waals surface area contributed by atoms with E-state index in [-0.39, 0.29) is 18.6 Å². The first-order valence-corrected chi connectivity index (χ1v) is 7.70. The normalized spacial score (nSPS) is 11.4. The number of benzene rings is 2. The zero-order valence-corrected chi connectivity index (χ0v) is 13.4. The van der Waals surface area contributed by atoms with Crippen LogP contribution < -0.4 is 5.32 Å². The first-order valence-electron chi connectivity index (χ1n) is 7.70. The van der Waals surface area contributed by atoms with Crippen molar-refractivity contribution in [2.45, 2.75) is 25.9 Å². The van der Waals surface area contributed by atoms with E-state index in [2.05, 4.69) is 5.32 Å². The van der Waals surface area contributed by atoms with Crippen LogP contribution in [0.5, 0.6) is 0 Å². The van der Waals surface area contributed by atoms with Crippen LogP contribution in [0.3, 0.4) is 0 Å². The molecule has 0 saturated carbocycles. The summed E-state index contributed by atoms with van der Waals surface area (Å²) in [6.45, 7) is 1.50. The van der Waals surface area contributed by atoms with Gasteiger partial charge in [-0.25, -0.2) is 0 Å². The van der Waals surface area contributed by atoms with E-state index < -0.39 is 18.0 Å². The Bertz CT molecular complexity index is 698. The molecule has 5 heteroatoms. The number of carbonyl (C=O) groups is 3. The molecule has 0 unspecified atom stereocenters. The van der Waals surface area contributed by atoms with Crippen LogP contribution in [-0.4, -0.2) is 23.8 Å². The second-order valence-corrected chi connectivity index (χ2v) is 5.28. The molecule has 24 heavy (non-hydrogen) atoms. The Labute approximate surface area is 140 Å². The molecule has 2 aromatic carbocycles. The molecule has 124 valence electrons. The van der Waals surface area contributed by atoms with E-state index in [0.717, 1.165) is 0 Å². The summed E-state index contributed by atoms with van der Waals surface area (Å²) in [5, 5.41) is 2.65. The van der Waals surface area contributed by atoms with Gasteiger partial charge in [0.25, 0.3) is 5.91 Å². The van der Waals surface area contributed by atoms with E-state index in [4.69, 9.17) is 4.74 Å². The van der Waals surface area contributed by atoms with E-state index >= 15 is 0 Å². The van der Waals surface area contributed by atoms with Gasteiger partial charge in [-0.3, -0.25) is 14.4 Å². The number of carbonyl (C=O) groups excluding carboxylic acids is 3. The van der Waals surface area contributed by atoms with E-state index in [0.29, 0.717) is 11.3 Å². The fourth-order valence-electron chi connectivity index (χ4n) is 2.06. The lowest BCUT2D eigenvalue weighted by Crippen LogP contribution is -2.30. The highest BCUT2D eigenvalue weighted by atomic mass is 16.5. The third-order valence-electron chi connectivity index (χ3n) is 3.37. The predicted octanol–water partition coefficient (Wildman–Crippen LogP) is 3.22. The maximum atomic E-state index is 12.0. The van der Waals surface area contributed by atoms with E-state index in [1.165, 1.54) is 6.92 Å². The Hall–Kier alpha value is -2.95. The molecule has 0 fully saturated rings. The topological polar surface area (TPSA) is 72.5 Å². The molecule has 0 spiro atoms. The van der Waals surface area contributed by atoms with E-state index in [1.54, 1.807) is 48.5 Å². The number of Topliss-reactive ketones (excluding diaryl/α,β-unsaturated/α-hetero) is 1. The van der Waals surface area contributed by atoms with Gasteiger partial charge in [-0.2, -0.15) is 0 Å². The van der Waals surface area contributed by atoms with Gasteiger partial charge in [-0.15, -0.1) is 0 Å². The molecule has 0 saturated heterocycles. The van der Waals surface area contributed by atoms with Gasteiger partial charge in [0.05, 0.1) is 6.42 Å². The van der Waals surface area contributed by atoms with Crippen molar-refractivity contribution >= 4 is 23.3 Å². The Morgan fingerprint density at radius 1 is 0.917 bits per heavy atom. The zero-order chi connectivity index (χ0) is 17.4. The van der Waals surface area contributed by atoms with Gasteiger partial charge in [-0.1, -0.05) is 48.5 Å². The maximum Gasteiger partial charge on any atom is 0.307 e. The Balaban J connectivity index is 1.77. The van der Waals surface area contributed by atoms with E-state index in [9.17, 15) is 14.4 Å². The lowest BCUT2D eigenvalue weighted by Gasteiger charge is -2.13. The van der Waals surface area contributed by atoms with Crippen molar-refractivity contribution in [2.75, 3.05) is 5.32 Å². The molecule has 1 amide bonds. The van der Waals surface area contributed by atoms with Crippen molar-refractivity contribution in [3.05, 3.63) is 66.2 Å². The van der Waals surface area contributed by atoms with Gasteiger partial charge in [0, 0.05) is 17.7 Å². The number of esters is 1. The molecule has 0 aliphatic heterocycles. The fraction of sp³-hybridized carbons (Fsp3) is 0.211. The van der Waals surface area contributed by atoms with Crippen LogP contribution in [0.15, 0.2) is 60.7 Å². The minimum absolute atomic E-state index is 0.0515. The Morgan fingerprint density at radius 2 is 1.50 bits per heavy atom. The zero-order valence-electron chi connectivity index (χ0n) is 13.4. The van der Waals surface area contributed by atoms with Gasteiger partial charge < -0.3 is 10.1 Å². The molecule has 0 bridgehead atoms. The number of hydrogen-bond acceptors (Lipinski definition) is 4. The molecule has 2 aromatic rings. The number of para-hydroxylation sites is 1. The molecular formula is C19H19NO4. The van der Waals surface area contributed by atoms with Gasteiger partial charge in [0.1, 0.15) is 0 Å². The minimum Gasteiger partial charge on any atom is -0.453 e. The van der Waals surface area contributed by atoms with Gasteiger partial charge in [-0.05, 0) is 19.1 Å². The summed E-state index contributed by atoms with van der Waals surface area (Å²) < 4.78 is 5.07. The molecule has 0 aliphatic carbocycles. The number of ether oxygens (including phenoxy) is 1. The smallest absolute Gasteiger partial charge is 0.307 e. The number of rotatable bonds is 7. The molecule has 0 heterocycles. The SMILES string of the molecule is C[C@H](OC(=O)CCC(=O)c1ccccc1)C(=O)Nc1ccccc1. The van der Waals surface area contributed by atoms with Crippen molar-refractivity contribution in [3.8, 4) is 0 Å². The number of hydrogen-bond donors (Lipinski definition) is 1. The highest BCUT2D eigenvalue weighted by Crippen LogP contribution is 2.09. The standard InChI is InChI=1S/C19H19NO4/c1-14(19(23)20-16-10-6-3-7-11-16)24-18(22)13-12-17(21)15-8-4-2-5-9-15/h2-11,14H,12-13H2,1H3,(H,20,23)/t14-/m0/s1. The number of ketones is 1. The van der Waals surface area contributed by atoms with Crippen LogP contribution in [0.25, 0.3) is 0 Å². The predicted molar refractivity (Wildman–Crippen MR) is 90.6 cm³/mol. The number of amides is 1. The lowest BCUT2D eigenvalue weighted by atomic mass is 10.1. The summed E-state index contributed by atoms with van der Waals surface area (Å²) in [7, 11) is 0. The molecule has 2 rings (SSSR count). The quantitative estimate of drug-likeness (QED) is 0.626. The fourth-order valence-corrected chi connectivity index (χ4v) is 2.06. The number of anilines is 1. The molecule has 0 aliphatic rings. The van der Waals surface area contributed by atoms with Gasteiger partial charge in [0.2, 0.25) is 0 Å². The van der Waals surface area contributed by atoms with Crippen LogP contribution in [0.4, 0.5) is 5.69 Å². The third-order valence-corrected chi connectivity index (χ3v) is 3.37. The average Bonchev–Trinajstić information content (AvgIpc) is 2.61. The molecule has 1 N–H and O–H groups in total. The van der Waals surface area contributed by atoms with Crippen molar-refractivity contribution in [2.24, 2.45) is 0 Å². The Kier molecular flexibility index (Phi) is 6.25. The first kappa shape index (κ1) is 17.4. The Morgan fingerprint density at radius 3 is 2.12 bits per heavy atom. The molecule has 0 aromatic heterocycles. The second kappa shape index (κ2) is 8.62. The highest BCUT2D eigenvalue weighted by molar-refractivity contribution is 5.98. The first-order chi connectivity index (χ1) is 11.6.